The van der Waals surface area contributed by atoms with Gasteiger partial charge in [0.1, 0.15) is 5.75 Å². The number of amides is 1. The molecule has 2 aromatic rings. The third-order valence-electron chi connectivity index (χ3n) is 4.79. The summed E-state index contributed by atoms with van der Waals surface area (Å²) >= 11 is 12.5. The van der Waals surface area contributed by atoms with Crippen LogP contribution < -0.4 is 15.0 Å². The van der Waals surface area contributed by atoms with Crippen LogP contribution in [-0.4, -0.2) is 50.1 Å². The van der Waals surface area contributed by atoms with E-state index in [0.29, 0.717) is 28.9 Å². The Bertz CT molecular complexity index is 836. The maximum Gasteiger partial charge on any atom is 0.238 e. The monoisotopic (exact) mass is 421 g/mol. The van der Waals surface area contributed by atoms with Gasteiger partial charge < -0.3 is 15.0 Å². The molecular formula is C21H25Cl2N3O2. The Morgan fingerprint density at radius 1 is 1.11 bits per heavy atom. The molecule has 1 fully saturated rings. The van der Waals surface area contributed by atoms with Crippen LogP contribution in [0.2, 0.25) is 10.0 Å². The molecule has 3 rings (SSSR count). The molecule has 0 unspecified atom stereocenters. The lowest BCUT2D eigenvalue weighted by molar-refractivity contribution is -0.117. The first-order valence-electron chi connectivity index (χ1n) is 9.43. The lowest BCUT2D eigenvalue weighted by atomic mass is 10.2. The van der Waals surface area contributed by atoms with Crippen molar-refractivity contribution in [1.29, 1.82) is 0 Å². The number of rotatable bonds is 6. The standard InChI is InChI=1S/C21H25Cl2N3O2/c1-3-28-18-7-5-4-6-17(18)26-12-10-25(11-13-26)14-19(27)24-21-16(22)9-8-15(2)20(21)23/h4-9H,3,10-14H2,1-2H3,(H,24,27). The summed E-state index contributed by atoms with van der Waals surface area (Å²) in [6.45, 7) is 8.08. The van der Waals surface area contributed by atoms with Crippen molar-refractivity contribution in [2.24, 2.45) is 0 Å². The minimum absolute atomic E-state index is 0.113. The van der Waals surface area contributed by atoms with Crippen molar-refractivity contribution in [3.63, 3.8) is 0 Å². The number of benzene rings is 2. The van der Waals surface area contributed by atoms with Crippen LogP contribution in [0.4, 0.5) is 11.4 Å². The molecule has 1 aliphatic rings. The van der Waals surface area contributed by atoms with E-state index >= 15 is 0 Å². The second-order valence-electron chi connectivity index (χ2n) is 6.77. The first-order chi connectivity index (χ1) is 13.5. The van der Waals surface area contributed by atoms with Crippen LogP contribution in [0.1, 0.15) is 12.5 Å². The highest BCUT2D eigenvalue weighted by molar-refractivity contribution is 6.40. The topological polar surface area (TPSA) is 44.8 Å². The van der Waals surface area contributed by atoms with Crippen LogP contribution in [0, 0.1) is 6.92 Å². The minimum Gasteiger partial charge on any atom is -0.492 e. The van der Waals surface area contributed by atoms with Crippen molar-refractivity contribution in [1.82, 2.24) is 4.90 Å². The SMILES string of the molecule is CCOc1ccccc1N1CCN(CC(=O)Nc2c(Cl)ccc(C)c2Cl)CC1. The van der Waals surface area contributed by atoms with Gasteiger partial charge in [0.2, 0.25) is 5.91 Å². The maximum absolute atomic E-state index is 12.5. The highest BCUT2D eigenvalue weighted by atomic mass is 35.5. The van der Waals surface area contributed by atoms with E-state index in [1.165, 1.54) is 0 Å². The first-order valence-corrected chi connectivity index (χ1v) is 10.2. The summed E-state index contributed by atoms with van der Waals surface area (Å²) in [4.78, 5) is 16.9. The van der Waals surface area contributed by atoms with E-state index in [0.717, 1.165) is 43.2 Å². The molecule has 0 bridgehead atoms. The fourth-order valence-corrected chi connectivity index (χ4v) is 3.76. The van der Waals surface area contributed by atoms with Gasteiger partial charge >= 0.3 is 0 Å². The quantitative estimate of drug-likeness (QED) is 0.747. The number of hydrogen-bond donors (Lipinski definition) is 1. The molecule has 1 saturated heterocycles. The van der Waals surface area contributed by atoms with Crippen molar-refractivity contribution >= 4 is 40.5 Å². The number of nitrogens with zero attached hydrogens (tertiary/aromatic N) is 2. The van der Waals surface area contributed by atoms with Crippen molar-refractivity contribution in [2.75, 3.05) is 49.5 Å². The van der Waals surface area contributed by atoms with Gasteiger partial charge in [0.15, 0.2) is 0 Å². The predicted molar refractivity (Wildman–Crippen MR) is 116 cm³/mol. The minimum atomic E-state index is -0.113. The number of carbonyl (C=O) groups excluding carboxylic acids is 1. The van der Waals surface area contributed by atoms with Gasteiger partial charge in [-0.25, -0.2) is 0 Å². The van der Waals surface area contributed by atoms with E-state index in [1.54, 1.807) is 6.07 Å². The Morgan fingerprint density at radius 3 is 2.54 bits per heavy atom. The molecule has 0 radical (unpaired) electrons. The number of ether oxygens (including phenoxy) is 1. The zero-order valence-corrected chi connectivity index (χ0v) is 17.7. The Kier molecular flexibility index (Phi) is 7.05. The smallest absolute Gasteiger partial charge is 0.238 e. The van der Waals surface area contributed by atoms with Gasteiger partial charge in [-0.1, -0.05) is 41.4 Å². The largest absolute Gasteiger partial charge is 0.492 e. The molecule has 0 spiro atoms. The Balaban J connectivity index is 1.56. The van der Waals surface area contributed by atoms with Gasteiger partial charge in [-0.05, 0) is 37.6 Å². The Hall–Kier alpha value is -1.95. The van der Waals surface area contributed by atoms with Crippen molar-refractivity contribution in [3.05, 3.63) is 52.0 Å². The number of nitrogens with one attached hydrogen (secondary N) is 1. The summed E-state index contributed by atoms with van der Waals surface area (Å²) < 4.78 is 5.74. The van der Waals surface area contributed by atoms with E-state index in [1.807, 2.05) is 38.1 Å². The van der Waals surface area contributed by atoms with Crippen LogP contribution in [-0.2, 0) is 4.79 Å². The van der Waals surface area contributed by atoms with Crippen LogP contribution in [0.15, 0.2) is 36.4 Å². The third kappa shape index (κ3) is 4.90. The van der Waals surface area contributed by atoms with Crippen LogP contribution in [0.25, 0.3) is 0 Å². The zero-order valence-electron chi connectivity index (χ0n) is 16.2. The Labute approximate surface area is 176 Å². The second kappa shape index (κ2) is 9.50. The van der Waals surface area contributed by atoms with Crippen LogP contribution in [0.5, 0.6) is 5.75 Å². The van der Waals surface area contributed by atoms with E-state index in [2.05, 4.69) is 21.2 Å². The molecule has 7 heteroatoms. The van der Waals surface area contributed by atoms with Gasteiger partial charge in [0, 0.05) is 26.2 Å². The molecule has 5 nitrogen and oxygen atoms in total. The number of piperazine rings is 1. The molecular weight excluding hydrogens is 397 g/mol. The third-order valence-corrected chi connectivity index (χ3v) is 5.60. The number of anilines is 2. The maximum atomic E-state index is 12.5. The molecule has 1 heterocycles. The summed E-state index contributed by atoms with van der Waals surface area (Å²) in [5, 5.41) is 3.79. The van der Waals surface area contributed by atoms with E-state index in [-0.39, 0.29) is 5.91 Å². The summed E-state index contributed by atoms with van der Waals surface area (Å²) in [6, 6.07) is 11.7. The fraction of sp³-hybridized carbons (Fsp3) is 0.381. The second-order valence-corrected chi connectivity index (χ2v) is 7.55. The molecule has 1 aliphatic heterocycles. The normalized spacial score (nSPS) is 14.8. The van der Waals surface area contributed by atoms with Gasteiger partial charge in [0.25, 0.3) is 0 Å². The predicted octanol–water partition coefficient (Wildman–Crippen LogP) is 4.46. The first kappa shape index (κ1) is 20.8. The molecule has 0 atom stereocenters. The van der Waals surface area contributed by atoms with Crippen LogP contribution >= 0.6 is 23.2 Å². The summed E-state index contributed by atoms with van der Waals surface area (Å²) in [5.74, 6) is 0.789. The molecule has 0 saturated carbocycles. The Morgan fingerprint density at radius 2 is 1.82 bits per heavy atom. The number of carbonyl (C=O) groups is 1. The molecule has 150 valence electrons. The van der Waals surface area contributed by atoms with Gasteiger partial charge in [0.05, 0.1) is 34.6 Å². The summed E-state index contributed by atoms with van der Waals surface area (Å²) in [7, 11) is 0. The van der Waals surface area contributed by atoms with Crippen molar-refractivity contribution < 1.29 is 9.53 Å². The lowest BCUT2D eigenvalue weighted by Gasteiger charge is -2.36. The molecule has 1 N–H and O–H groups in total. The van der Waals surface area contributed by atoms with Crippen molar-refractivity contribution in [2.45, 2.75) is 13.8 Å². The molecule has 0 aromatic heterocycles. The summed E-state index contributed by atoms with van der Waals surface area (Å²) in [5.41, 5.74) is 2.47. The fourth-order valence-electron chi connectivity index (χ4n) is 3.30. The molecule has 28 heavy (non-hydrogen) atoms. The number of halogens is 2. The molecule has 1 amide bonds. The summed E-state index contributed by atoms with van der Waals surface area (Å²) in [6.07, 6.45) is 0. The molecule has 2 aromatic carbocycles. The van der Waals surface area contributed by atoms with Gasteiger partial charge in [-0.3, -0.25) is 9.69 Å². The van der Waals surface area contributed by atoms with Crippen molar-refractivity contribution in [3.8, 4) is 5.75 Å². The average molecular weight is 422 g/mol. The molecule has 0 aliphatic carbocycles. The number of hydrogen-bond acceptors (Lipinski definition) is 4. The lowest BCUT2D eigenvalue weighted by Crippen LogP contribution is -2.48. The average Bonchev–Trinajstić information content (AvgIpc) is 2.70. The van der Waals surface area contributed by atoms with E-state index in [9.17, 15) is 4.79 Å². The van der Waals surface area contributed by atoms with E-state index in [4.69, 9.17) is 27.9 Å². The highest BCUT2D eigenvalue weighted by Gasteiger charge is 2.22. The van der Waals surface area contributed by atoms with Crippen LogP contribution in [0.3, 0.4) is 0 Å². The number of aryl methyl sites for hydroxylation is 1. The zero-order chi connectivity index (χ0) is 20.1. The highest BCUT2D eigenvalue weighted by Crippen LogP contribution is 2.33. The van der Waals surface area contributed by atoms with E-state index < -0.39 is 0 Å². The van der Waals surface area contributed by atoms with Gasteiger partial charge in [-0.2, -0.15) is 0 Å². The number of para-hydroxylation sites is 2. The van der Waals surface area contributed by atoms with Gasteiger partial charge in [-0.15, -0.1) is 0 Å².